The number of nitrogens with one attached hydrogen (secondary N) is 1. The lowest BCUT2D eigenvalue weighted by atomic mass is 10.0. The second-order valence-electron chi connectivity index (χ2n) is 4.46. The van der Waals surface area contributed by atoms with Gasteiger partial charge in [0.05, 0.1) is 0 Å². The molecule has 0 heterocycles. The average Bonchev–Trinajstić information content (AvgIpc) is 2.33. The fourth-order valence-corrected chi connectivity index (χ4v) is 2.35. The summed E-state index contributed by atoms with van der Waals surface area (Å²) in [5, 5.41) is 2.88. The zero-order valence-corrected chi connectivity index (χ0v) is 12.4. The summed E-state index contributed by atoms with van der Waals surface area (Å²) >= 11 is 3.34. The highest BCUT2D eigenvalue weighted by atomic mass is 79.9. The normalized spacial score (nSPS) is 10.3. The summed E-state index contributed by atoms with van der Waals surface area (Å²) in [6.45, 7) is 3.86. The van der Waals surface area contributed by atoms with Crippen molar-refractivity contribution >= 4 is 33.2 Å². The fourth-order valence-electron chi connectivity index (χ4n) is 1.97. The van der Waals surface area contributed by atoms with Crippen LogP contribution in [0.15, 0.2) is 40.9 Å². The first-order chi connectivity index (χ1) is 8.99. The van der Waals surface area contributed by atoms with E-state index in [1.165, 1.54) is 0 Å². The first-order valence-electron chi connectivity index (χ1n) is 5.91. The molecule has 0 radical (unpaired) electrons. The van der Waals surface area contributed by atoms with Crippen LogP contribution in [-0.4, -0.2) is 5.91 Å². The van der Waals surface area contributed by atoms with Gasteiger partial charge in [-0.15, -0.1) is 0 Å². The number of nitrogen functional groups attached to an aromatic ring is 1. The van der Waals surface area contributed by atoms with Gasteiger partial charge in [0.25, 0.3) is 5.91 Å². The third-order valence-electron chi connectivity index (χ3n) is 2.97. The van der Waals surface area contributed by atoms with Crippen molar-refractivity contribution in [1.29, 1.82) is 0 Å². The van der Waals surface area contributed by atoms with Crippen LogP contribution in [0, 0.1) is 13.8 Å². The van der Waals surface area contributed by atoms with Crippen LogP contribution in [0.4, 0.5) is 11.4 Å². The minimum Gasteiger partial charge on any atom is -0.398 e. The van der Waals surface area contributed by atoms with Crippen LogP contribution < -0.4 is 11.1 Å². The van der Waals surface area contributed by atoms with Crippen molar-refractivity contribution in [2.24, 2.45) is 0 Å². The molecule has 0 bridgehead atoms. The topological polar surface area (TPSA) is 55.1 Å². The molecule has 98 valence electrons. The van der Waals surface area contributed by atoms with Gasteiger partial charge >= 0.3 is 0 Å². The molecule has 2 rings (SSSR count). The summed E-state index contributed by atoms with van der Waals surface area (Å²) < 4.78 is 0.770. The van der Waals surface area contributed by atoms with Crippen LogP contribution in [0.25, 0.3) is 0 Å². The van der Waals surface area contributed by atoms with Gasteiger partial charge in [-0.1, -0.05) is 18.2 Å². The Bertz CT molecular complexity index is 618. The number of aryl methyl sites for hydroxylation is 2. The van der Waals surface area contributed by atoms with Crippen molar-refractivity contribution in [3.8, 4) is 0 Å². The van der Waals surface area contributed by atoms with Crippen molar-refractivity contribution < 1.29 is 4.79 Å². The predicted octanol–water partition coefficient (Wildman–Crippen LogP) is 3.90. The monoisotopic (exact) mass is 318 g/mol. The number of nitrogens with two attached hydrogens (primary N) is 1. The largest absolute Gasteiger partial charge is 0.398 e. The third-order valence-corrected chi connectivity index (χ3v) is 3.65. The molecular formula is C15H15BrN2O. The van der Waals surface area contributed by atoms with Gasteiger partial charge in [0.2, 0.25) is 0 Å². The van der Waals surface area contributed by atoms with Gasteiger partial charge < -0.3 is 11.1 Å². The molecule has 2 aromatic rings. The van der Waals surface area contributed by atoms with Gasteiger partial charge in [-0.25, -0.2) is 0 Å². The minimum absolute atomic E-state index is 0.104. The number of hydrogen-bond acceptors (Lipinski definition) is 2. The first-order valence-corrected chi connectivity index (χ1v) is 6.71. The molecule has 4 heteroatoms. The molecule has 0 saturated carbocycles. The molecule has 0 aromatic heterocycles. The summed E-state index contributed by atoms with van der Waals surface area (Å²) in [4.78, 5) is 12.3. The molecule has 0 aliphatic carbocycles. The molecule has 0 saturated heterocycles. The maximum absolute atomic E-state index is 12.3. The van der Waals surface area contributed by atoms with Gasteiger partial charge in [-0.2, -0.15) is 0 Å². The van der Waals surface area contributed by atoms with Crippen molar-refractivity contribution in [2.45, 2.75) is 13.8 Å². The highest BCUT2D eigenvalue weighted by molar-refractivity contribution is 9.10. The third kappa shape index (κ3) is 2.96. The number of carbonyl (C=O) groups excluding carboxylic acids is 1. The van der Waals surface area contributed by atoms with Gasteiger partial charge in [0.1, 0.15) is 0 Å². The van der Waals surface area contributed by atoms with E-state index in [0.29, 0.717) is 11.4 Å². The molecule has 0 aliphatic rings. The number of carbonyl (C=O) groups is 1. The molecule has 3 nitrogen and oxygen atoms in total. The van der Waals surface area contributed by atoms with Crippen LogP contribution >= 0.6 is 15.9 Å². The Labute approximate surface area is 121 Å². The lowest BCUT2D eigenvalue weighted by molar-refractivity contribution is 0.102. The van der Waals surface area contributed by atoms with Crippen LogP contribution in [0.1, 0.15) is 21.5 Å². The van der Waals surface area contributed by atoms with E-state index in [2.05, 4.69) is 21.2 Å². The van der Waals surface area contributed by atoms with E-state index in [1.54, 1.807) is 18.2 Å². The van der Waals surface area contributed by atoms with Crippen molar-refractivity contribution in [2.75, 3.05) is 11.1 Å². The molecule has 1 amide bonds. The molecule has 2 aromatic carbocycles. The minimum atomic E-state index is -0.104. The highest BCUT2D eigenvalue weighted by Gasteiger charge is 2.12. The summed E-state index contributed by atoms with van der Waals surface area (Å²) in [5.74, 6) is -0.104. The lowest BCUT2D eigenvalue weighted by Gasteiger charge is -2.11. The summed E-state index contributed by atoms with van der Waals surface area (Å²) in [5.41, 5.74) is 9.73. The number of hydrogen-bond donors (Lipinski definition) is 2. The van der Waals surface area contributed by atoms with Crippen molar-refractivity contribution in [1.82, 2.24) is 0 Å². The van der Waals surface area contributed by atoms with E-state index >= 15 is 0 Å². The zero-order chi connectivity index (χ0) is 14.0. The van der Waals surface area contributed by atoms with E-state index < -0.39 is 0 Å². The van der Waals surface area contributed by atoms with Gasteiger partial charge in [-0.3, -0.25) is 4.79 Å². The number of anilines is 2. The van der Waals surface area contributed by atoms with Gasteiger partial charge in [-0.05, 0) is 59.1 Å². The smallest absolute Gasteiger partial charge is 0.256 e. The quantitative estimate of drug-likeness (QED) is 0.825. The Morgan fingerprint density at radius 3 is 2.37 bits per heavy atom. The second kappa shape index (κ2) is 5.45. The molecular weight excluding hydrogens is 304 g/mol. The van der Waals surface area contributed by atoms with E-state index in [-0.39, 0.29) is 5.91 Å². The molecule has 0 unspecified atom stereocenters. The summed E-state index contributed by atoms with van der Waals surface area (Å²) in [6, 6.07) is 11.1. The van der Waals surface area contributed by atoms with E-state index in [1.807, 2.05) is 32.0 Å². The molecule has 0 fully saturated rings. The lowest BCUT2D eigenvalue weighted by Crippen LogP contribution is -2.15. The SMILES string of the molecule is Cc1cccc(C)c1C(=O)Nc1ccc(N)c(Br)c1. The summed E-state index contributed by atoms with van der Waals surface area (Å²) in [7, 11) is 0. The number of benzene rings is 2. The second-order valence-corrected chi connectivity index (χ2v) is 5.31. The standard InChI is InChI=1S/C15H15BrN2O/c1-9-4-3-5-10(2)14(9)15(19)18-11-6-7-13(17)12(16)8-11/h3-8H,17H2,1-2H3,(H,18,19). The highest BCUT2D eigenvalue weighted by Crippen LogP contribution is 2.24. The molecule has 0 spiro atoms. The van der Waals surface area contributed by atoms with Gasteiger partial charge in [0.15, 0.2) is 0 Å². The van der Waals surface area contributed by atoms with Crippen molar-refractivity contribution in [3.05, 3.63) is 57.6 Å². The summed E-state index contributed by atoms with van der Waals surface area (Å²) in [6.07, 6.45) is 0. The van der Waals surface area contributed by atoms with Crippen LogP contribution in [0.5, 0.6) is 0 Å². The zero-order valence-electron chi connectivity index (χ0n) is 10.8. The number of amides is 1. The van der Waals surface area contributed by atoms with Gasteiger partial charge in [0, 0.05) is 21.4 Å². The Balaban J connectivity index is 2.28. The Hall–Kier alpha value is -1.81. The number of halogens is 1. The maximum atomic E-state index is 12.3. The predicted molar refractivity (Wildman–Crippen MR) is 82.4 cm³/mol. The maximum Gasteiger partial charge on any atom is 0.256 e. The Morgan fingerprint density at radius 2 is 1.79 bits per heavy atom. The fraction of sp³-hybridized carbons (Fsp3) is 0.133. The van der Waals surface area contributed by atoms with Crippen LogP contribution in [-0.2, 0) is 0 Å². The first kappa shape index (κ1) is 13.6. The van der Waals surface area contributed by atoms with E-state index in [0.717, 1.165) is 21.2 Å². The Morgan fingerprint density at radius 1 is 1.16 bits per heavy atom. The van der Waals surface area contributed by atoms with Crippen LogP contribution in [0.3, 0.4) is 0 Å². The van der Waals surface area contributed by atoms with Crippen LogP contribution in [0.2, 0.25) is 0 Å². The van der Waals surface area contributed by atoms with E-state index in [4.69, 9.17) is 5.73 Å². The average molecular weight is 319 g/mol. The Kier molecular flexibility index (Phi) is 3.90. The molecule has 0 aliphatic heterocycles. The van der Waals surface area contributed by atoms with Crippen molar-refractivity contribution in [3.63, 3.8) is 0 Å². The van der Waals surface area contributed by atoms with E-state index in [9.17, 15) is 4.79 Å². The molecule has 0 atom stereocenters. The molecule has 3 N–H and O–H groups in total. The number of rotatable bonds is 2. The molecule has 19 heavy (non-hydrogen) atoms.